The van der Waals surface area contributed by atoms with Crippen LogP contribution in [0.3, 0.4) is 0 Å². The van der Waals surface area contributed by atoms with Gasteiger partial charge < -0.3 is 24.8 Å². The summed E-state index contributed by atoms with van der Waals surface area (Å²) in [7, 11) is 0. The van der Waals surface area contributed by atoms with Crippen molar-refractivity contribution in [2.45, 2.75) is 102 Å². The van der Waals surface area contributed by atoms with Gasteiger partial charge in [-0.15, -0.1) is 0 Å². The second-order valence-corrected chi connectivity index (χ2v) is 7.32. The van der Waals surface area contributed by atoms with Gasteiger partial charge >= 0.3 is 0 Å². The molecule has 5 nitrogen and oxygen atoms in total. The van der Waals surface area contributed by atoms with E-state index in [0.29, 0.717) is 6.61 Å². The summed E-state index contributed by atoms with van der Waals surface area (Å²) in [5.74, 6) is 0. The molecule has 154 valence electrons. The highest BCUT2D eigenvalue weighted by Crippen LogP contribution is 2.20. The van der Waals surface area contributed by atoms with Crippen LogP contribution in [0.2, 0.25) is 0 Å². The quantitative estimate of drug-likeness (QED) is 0.286. The summed E-state index contributed by atoms with van der Waals surface area (Å²) < 4.78 is 11.0. The van der Waals surface area contributed by atoms with Crippen molar-refractivity contribution < 1.29 is 24.8 Å². The first-order chi connectivity index (χ1) is 12.7. The number of hydrogen-bond acceptors (Lipinski definition) is 5. The Kier molecular flexibility index (Phi) is 14.1. The second kappa shape index (κ2) is 15.6. The molecule has 1 fully saturated rings. The van der Waals surface area contributed by atoms with Gasteiger partial charge in [-0.2, -0.15) is 0 Å². The molecule has 26 heavy (non-hydrogen) atoms. The maximum atomic E-state index is 9.80. The molecular weight excluding hydrogens is 332 g/mol. The molecule has 0 radical (unpaired) electrons. The molecule has 0 aromatic carbocycles. The Labute approximate surface area is 159 Å². The lowest BCUT2D eigenvalue weighted by Gasteiger charge is -2.24. The molecule has 5 heteroatoms. The van der Waals surface area contributed by atoms with E-state index in [4.69, 9.17) is 9.47 Å². The Hall–Kier alpha value is -0.460. The van der Waals surface area contributed by atoms with Crippen molar-refractivity contribution in [1.29, 1.82) is 0 Å². The number of rotatable bonds is 16. The first-order valence-corrected chi connectivity index (χ1v) is 10.6. The van der Waals surface area contributed by atoms with Crippen LogP contribution in [0.5, 0.6) is 0 Å². The lowest BCUT2D eigenvalue weighted by molar-refractivity contribution is -0.101. The van der Waals surface area contributed by atoms with Crippen LogP contribution in [0, 0.1) is 0 Å². The van der Waals surface area contributed by atoms with Gasteiger partial charge in [-0.1, -0.05) is 64.0 Å². The normalized spacial score (nSPS) is 24.5. The number of ether oxygens (including phenoxy) is 2. The van der Waals surface area contributed by atoms with Crippen LogP contribution in [0.15, 0.2) is 12.2 Å². The van der Waals surface area contributed by atoms with E-state index in [1.807, 2.05) is 0 Å². The van der Waals surface area contributed by atoms with E-state index in [9.17, 15) is 15.3 Å². The van der Waals surface area contributed by atoms with Crippen molar-refractivity contribution >= 4 is 0 Å². The maximum absolute atomic E-state index is 9.80. The minimum Gasteiger partial charge on any atom is -0.394 e. The molecule has 0 spiro atoms. The number of aliphatic hydroxyl groups excluding tert-OH is 3. The smallest absolute Gasteiger partial charge is 0.114 e. The van der Waals surface area contributed by atoms with Crippen LogP contribution in [0.1, 0.15) is 77.6 Å². The highest BCUT2D eigenvalue weighted by molar-refractivity contribution is 4.88. The molecule has 3 N–H and O–H groups in total. The van der Waals surface area contributed by atoms with Crippen molar-refractivity contribution in [3.63, 3.8) is 0 Å². The monoisotopic (exact) mass is 372 g/mol. The molecule has 0 amide bonds. The molecule has 1 aliphatic heterocycles. The summed E-state index contributed by atoms with van der Waals surface area (Å²) in [6.07, 6.45) is 15.0. The maximum Gasteiger partial charge on any atom is 0.114 e. The summed E-state index contributed by atoms with van der Waals surface area (Å²) in [4.78, 5) is 0. The van der Waals surface area contributed by atoms with Crippen molar-refractivity contribution in [2.75, 3.05) is 19.8 Å². The van der Waals surface area contributed by atoms with E-state index in [1.54, 1.807) is 0 Å². The molecule has 0 bridgehead atoms. The van der Waals surface area contributed by atoms with E-state index in [1.165, 1.54) is 57.8 Å². The Morgan fingerprint density at radius 2 is 1.58 bits per heavy atom. The second-order valence-electron chi connectivity index (χ2n) is 7.32. The largest absolute Gasteiger partial charge is 0.394 e. The Morgan fingerprint density at radius 1 is 0.962 bits per heavy atom. The SMILES string of the molecule is CCCC/C=C/CCCCCCCCCO[C@H](CO)[C@@H]1OC[C@H](O)[C@@H]1O. The molecule has 1 aliphatic rings. The van der Waals surface area contributed by atoms with Crippen LogP contribution in [0.25, 0.3) is 0 Å². The van der Waals surface area contributed by atoms with Crippen LogP contribution >= 0.6 is 0 Å². The zero-order valence-corrected chi connectivity index (χ0v) is 16.5. The first kappa shape index (κ1) is 23.6. The van der Waals surface area contributed by atoms with Crippen LogP contribution in [-0.4, -0.2) is 59.6 Å². The van der Waals surface area contributed by atoms with Crippen LogP contribution < -0.4 is 0 Å². The fourth-order valence-electron chi connectivity index (χ4n) is 3.25. The van der Waals surface area contributed by atoms with E-state index in [-0.39, 0.29) is 13.2 Å². The Bertz CT molecular complexity index is 347. The molecule has 1 saturated heterocycles. The number of allylic oxidation sites excluding steroid dienone is 2. The lowest BCUT2D eigenvalue weighted by Crippen LogP contribution is -2.42. The summed E-state index contributed by atoms with van der Waals surface area (Å²) in [6, 6.07) is 0. The van der Waals surface area contributed by atoms with Gasteiger partial charge in [0.15, 0.2) is 0 Å². The van der Waals surface area contributed by atoms with Gasteiger partial charge in [0.2, 0.25) is 0 Å². The average molecular weight is 373 g/mol. The third-order valence-electron chi connectivity index (χ3n) is 4.97. The lowest BCUT2D eigenvalue weighted by atomic mass is 10.1. The van der Waals surface area contributed by atoms with Gasteiger partial charge in [-0.25, -0.2) is 0 Å². The van der Waals surface area contributed by atoms with Gasteiger partial charge in [0.1, 0.15) is 24.4 Å². The highest BCUT2D eigenvalue weighted by Gasteiger charge is 2.40. The molecule has 0 unspecified atom stereocenters. The van der Waals surface area contributed by atoms with Gasteiger partial charge in [0.25, 0.3) is 0 Å². The van der Waals surface area contributed by atoms with Crippen molar-refractivity contribution in [1.82, 2.24) is 0 Å². The molecule has 0 aromatic heterocycles. The summed E-state index contributed by atoms with van der Waals surface area (Å²) in [5.41, 5.74) is 0. The topological polar surface area (TPSA) is 79.2 Å². The predicted molar refractivity (Wildman–Crippen MR) is 104 cm³/mol. The van der Waals surface area contributed by atoms with Gasteiger partial charge in [0, 0.05) is 6.61 Å². The Balaban J connectivity index is 1.90. The first-order valence-electron chi connectivity index (χ1n) is 10.6. The van der Waals surface area contributed by atoms with E-state index in [0.717, 1.165) is 12.8 Å². The van der Waals surface area contributed by atoms with Crippen LogP contribution in [-0.2, 0) is 9.47 Å². The molecule has 1 heterocycles. The minimum absolute atomic E-state index is 0.0974. The predicted octanol–water partition coefficient (Wildman–Crippen LogP) is 3.35. The molecule has 0 aromatic rings. The minimum atomic E-state index is -0.978. The molecule has 0 aliphatic carbocycles. The fraction of sp³-hybridized carbons (Fsp3) is 0.905. The zero-order chi connectivity index (χ0) is 19.0. The molecular formula is C21H40O5. The fourth-order valence-corrected chi connectivity index (χ4v) is 3.25. The van der Waals surface area contributed by atoms with Gasteiger partial charge in [-0.3, -0.25) is 0 Å². The summed E-state index contributed by atoms with van der Waals surface area (Å²) in [6.45, 7) is 2.67. The van der Waals surface area contributed by atoms with Crippen molar-refractivity contribution in [3.05, 3.63) is 12.2 Å². The Morgan fingerprint density at radius 3 is 2.15 bits per heavy atom. The van der Waals surface area contributed by atoms with Crippen molar-refractivity contribution in [2.24, 2.45) is 0 Å². The molecule has 0 saturated carbocycles. The average Bonchev–Trinajstić information content (AvgIpc) is 2.98. The number of hydrogen-bond donors (Lipinski definition) is 3. The molecule has 4 atom stereocenters. The van der Waals surface area contributed by atoms with E-state index >= 15 is 0 Å². The van der Waals surface area contributed by atoms with E-state index < -0.39 is 24.4 Å². The zero-order valence-electron chi connectivity index (χ0n) is 16.5. The third kappa shape index (κ3) is 10.0. The summed E-state index contributed by atoms with van der Waals surface area (Å²) in [5, 5.41) is 28.7. The summed E-state index contributed by atoms with van der Waals surface area (Å²) >= 11 is 0. The number of aliphatic hydroxyl groups is 3. The van der Waals surface area contributed by atoms with Gasteiger partial charge in [-0.05, 0) is 25.7 Å². The van der Waals surface area contributed by atoms with Crippen molar-refractivity contribution in [3.8, 4) is 0 Å². The van der Waals surface area contributed by atoms with Gasteiger partial charge in [0.05, 0.1) is 13.2 Å². The highest BCUT2D eigenvalue weighted by atomic mass is 16.6. The standard InChI is InChI=1S/C21H40O5/c1-2-3-4-5-6-7-8-9-10-11-12-13-14-15-25-19(16-22)21-20(24)18(23)17-26-21/h5-6,18-24H,2-4,7-17H2,1H3/b6-5+/t18-,19+,20-,21-/m0/s1. The third-order valence-corrected chi connectivity index (χ3v) is 4.97. The number of unbranched alkanes of at least 4 members (excludes halogenated alkanes) is 9. The van der Waals surface area contributed by atoms with E-state index in [2.05, 4.69) is 19.1 Å². The molecule has 1 rings (SSSR count). The van der Waals surface area contributed by atoms with Crippen LogP contribution in [0.4, 0.5) is 0 Å².